The summed E-state index contributed by atoms with van der Waals surface area (Å²) in [4.78, 5) is 12.2. The highest BCUT2D eigenvalue weighted by molar-refractivity contribution is 5.91. The Morgan fingerprint density at radius 2 is 1.76 bits per heavy atom. The van der Waals surface area contributed by atoms with Gasteiger partial charge in [0.2, 0.25) is 0 Å². The van der Waals surface area contributed by atoms with Crippen LogP contribution in [-0.4, -0.2) is 11.6 Å². The molecule has 0 aliphatic carbocycles. The molecular formula is C18H21NO2. The zero-order valence-corrected chi connectivity index (χ0v) is 12.7. The Morgan fingerprint density at radius 1 is 1.10 bits per heavy atom. The second-order valence-electron chi connectivity index (χ2n) is 5.94. The number of carbonyl (C=O) groups is 1. The molecule has 2 N–H and O–H groups in total. The van der Waals surface area contributed by atoms with Crippen molar-refractivity contribution >= 4 is 5.97 Å². The fourth-order valence-corrected chi connectivity index (χ4v) is 2.10. The van der Waals surface area contributed by atoms with E-state index in [-0.39, 0.29) is 5.97 Å². The van der Waals surface area contributed by atoms with Gasteiger partial charge in [0, 0.05) is 6.54 Å². The van der Waals surface area contributed by atoms with Crippen LogP contribution >= 0.6 is 0 Å². The van der Waals surface area contributed by atoms with Crippen LogP contribution in [0.5, 0.6) is 0 Å². The first-order chi connectivity index (χ1) is 9.90. The van der Waals surface area contributed by atoms with Gasteiger partial charge in [0.1, 0.15) is 5.60 Å². The molecule has 0 heterocycles. The Morgan fingerprint density at radius 3 is 2.33 bits per heavy atom. The van der Waals surface area contributed by atoms with E-state index >= 15 is 0 Å². The summed E-state index contributed by atoms with van der Waals surface area (Å²) in [5.41, 5.74) is 8.87. The van der Waals surface area contributed by atoms with Gasteiger partial charge in [0.15, 0.2) is 0 Å². The molecule has 0 radical (unpaired) electrons. The second-order valence-corrected chi connectivity index (χ2v) is 5.94. The molecule has 21 heavy (non-hydrogen) atoms. The Labute approximate surface area is 125 Å². The largest absolute Gasteiger partial charge is 0.456 e. The molecule has 110 valence electrons. The smallest absolute Gasteiger partial charge is 0.338 e. The molecule has 0 amide bonds. The molecule has 0 unspecified atom stereocenters. The SMILES string of the molecule is CC(C)(C)OC(=O)c1ccc(CN)c(-c2ccccc2)c1. The molecule has 0 saturated heterocycles. The Kier molecular flexibility index (Phi) is 4.43. The van der Waals surface area contributed by atoms with Crippen molar-refractivity contribution in [3.8, 4) is 11.1 Å². The summed E-state index contributed by atoms with van der Waals surface area (Å²) >= 11 is 0. The Hall–Kier alpha value is -2.13. The van der Waals surface area contributed by atoms with Gasteiger partial charge in [-0.05, 0) is 49.6 Å². The minimum atomic E-state index is -0.503. The van der Waals surface area contributed by atoms with Crippen LogP contribution in [0.3, 0.4) is 0 Å². The number of esters is 1. The van der Waals surface area contributed by atoms with E-state index in [1.165, 1.54) is 0 Å². The summed E-state index contributed by atoms with van der Waals surface area (Å²) < 4.78 is 5.42. The third-order valence-electron chi connectivity index (χ3n) is 3.05. The van der Waals surface area contributed by atoms with E-state index in [1.807, 2.05) is 63.2 Å². The first-order valence-electron chi connectivity index (χ1n) is 7.02. The van der Waals surface area contributed by atoms with Gasteiger partial charge in [-0.15, -0.1) is 0 Å². The molecule has 0 aromatic heterocycles. The highest BCUT2D eigenvalue weighted by Crippen LogP contribution is 2.25. The standard InChI is InChI=1S/C18H21NO2/c1-18(2,3)21-17(20)14-9-10-15(12-19)16(11-14)13-7-5-4-6-8-13/h4-11H,12,19H2,1-3H3. The average molecular weight is 283 g/mol. The van der Waals surface area contributed by atoms with Crippen molar-refractivity contribution in [1.29, 1.82) is 0 Å². The highest BCUT2D eigenvalue weighted by atomic mass is 16.6. The van der Waals surface area contributed by atoms with Crippen LogP contribution in [-0.2, 0) is 11.3 Å². The van der Waals surface area contributed by atoms with Gasteiger partial charge in [-0.2, -0.15) is 0 Å². The van der Waals surface area contributed by atoms with Gasteiger partial charge in [-0.25, -0.2) is 4.79 Å². The quantitative estimate of drug-likeness (QED) is 0.872. The van der Waals surface area contributed by atoms with Gasteiger partial charge < -0.3 is 10.5 Å². The molecule has 0 aliphatic rings. The average Bonchev–Trinajstić information content (AvgIpc) is 2.45. The normalized spacial score (nSPS) is 11.2. The van der Waals surface area contributed by atoms with Crippen molar-refractivity contribution in [1.82, 2.24) is 0 Å². The zero-order chi connectivity index (χ0) is 15.5. The molecule has 0 bridgehead atoms. The van der Waals surface area contributed by atoms with E-state index in [2.05, 4.69) is 0 Å². The number of nitrogens with two attached hydrogens (primary N) is 1. The first kappa shape index (κ1) is 15.3. The molecule has 0 aliphatic heterocycles. The van der Waals surface area contributed by atoms with Crippen molar-refractivity contribution in [2.24, 2.45) is 5.73 Å². The van der Waals surface area contributed by atoms with E-state index in [9.17, 15) is 4.79 Å². The molecule has 0 atom stereocenters. The van der Waals surface area contributed by atoms with Crippen LogP contribution in [0.1, 0.15) is 36.7 Å². The summed E-state index contributed by atoms with van der Waals surface area (Å²) in [5, 5.41) is 0. The third kappa shape index (κ3) is 3.92. The first-order valence-corrected chi connectivity index (χ1v) is 7.02. The van der Waals surface area contributed by atoms with Crippen LogP contribution in [0.25, 0.3) is 11.1 Å². The summed E-state index contributed by atoms with van der Waals surface area (Å²) in [6.07, 6.45) is 0. The molecular weight excluding hydrogens is 262 g/mol. The summed E-state index contributed by atoms with van der Waals surface area (Å²) in [6, 6.07) is 15.4. The lowest BCUT2D eigenvalue weighted by atomic mass is 9.97. The molecule has 2 aromatic carbocycles. The highest BCUT2D eigenvalue weighted by Gasteiger charge is 2.18. The van der Waals surface area contributed by atoms with E-state index in [0.717, 1.165) is 16.7 Å². The predicted octanol–water partition coefficient (Wildman–Crippen LogP) is 3.77. The fourth-order valence-electron chi connectivity index (χ4n) is 2.10. The van der Waals surface area contributed by atoms with Gasteiger partial charge >= 0.3 is 5.97 Å². The van der Waals surface area contributed by atoms with Crippen molar-refractivity contribution in [3.05, 3.63) is 59.7 Å². The lowest BCUT2D eigenvalue weighted by molar-refractivity contribution is 0.00696. The molecule has 0 saturated carbocycles. The van der Waals surface area contributed by atoms with Crippen molar-refractivity contribution in [3.63, 3.8) is 0 Å². The van der Waals surface area contributed by atoms with Gasteiger partial charge in [0.25, 0.3) is 0 Å². The molecule has 3 heteroatoms. The minimum Gasteiger partial charge on any atom is -0.456 e. The maximum absolute atomic E-state index is 12.2. The topological polar surface area (TPSA) is 52.3 Å². The third-order valence-corrected chi connectivity index (χ3v) is 3.05. The fraction of sp³-hybridized carbons (Fsp3) is 0.278. The molecule has 0 spiro atoms. The van der Waals surface area contributed by atoms with E-state index in [4.69, 9.17) is 10.5 Å². The minimum absolute atomic E-state index is 0.316. The number of rotatable bonds is 3. The van der Waals surface area contributed by atoms with E-state index < -0.39 is 5.60 Å². The van der Waals surface area contributed by atoms with Crippen molar-refractivity contribution < 1.29 is 9.53 Å². The summed E-state index contributed by atoms with van der Waals surface area (Å²) in [6.45, 7) is 6.00. The van der Waals surface area contributed by atoms with Crippen LogP contribution in [0.4, 0.5) is 0 Å². The van der Waals surface area contributed by atoms with Gasteiger partial charge in [0.05, 0.1) is 5.56 Å². The zero-order valence-electron chi connectivity index (χ0n) is 12.7. The van der Waals surface area contributed by atoms with Crippen LogP contribution < -0.4 is 5.73 Å². The lowest BCUT2D eigenvalue weighted by Gasteiger charge is -2.20. The lowest BCUT2D eigenvalue weighted by Crippen LogP contribution is -2.24. The van der Waals surface area contributed by atoms with Crippen LogP contribution in [0.2, 0.25) is 0 Å². The van der Waals surface area contributed by atoms with E-state index in [1.54, 1.807) is 6.07 Å². The Bertz CT molecular complexity index is 627. The number of hydrogen-bond acceptors (Lipinski definition) is 3. The maximum Gasteiger partial charge on any atom is 0.338 e. The molecule has 0 fully saturated rings. The summed E-state index contributed by atoms with van der Waals surface area (Å²) in [5.74, 6) is -0.316. The Balaban J connectivity index is 2.41. The van der Waals surface area contributed by atoms with Gasteiger partial charge in [-0.3, -0.25) is 0 Å². The number of carbonyl (C=O) groups excluding carboxylic acids is 1. The number of benzene rings is 2. The number of hydrogen-bond donors (Lipinski definition) is 1. The monoisotopic (exact) mass is 283 g/mol. The molecule has 3 nitrogen and oxygen atoms in total. The van der Waals surface area contributed by atoms with Crippen molar-refractivity contribution in [2.45, 2.75) is 32.9 Å². The molecule has 2 aromatic rings. The van der Waals surface area contributed by atoms with Crippen molar-refractivity contribution in [2.75, 3.05) is 0 Å². The summed E-state index contributed by atoms with van der Waals surface area (Å²) in [7, 11) is 0. The predicted molar refractivity (Wildman–Crippen MR) is 84.9 cm³/mol. The maximum atomic E-state index is 12.2. The van der Waals surface area contributed by atoms with Gasteiger partial charge in [-0.1, -0.05) is 36.4 Å². The van der Waals surface area contributed by atoms with Crippen LogP contribution in [0.15, 0.2) is 48.5 Å². The van der Waals surface area contributed by atoms with Crippen LogP contribution in [0, 0.1) is 0 Å². The number of ether oxygens (including phenoxy) is 1. The second kappa shape index (κ2) is 6.10. The molecule has 2 rings (SSSR count). The van der Waals surface area contributed by atoms with E-state index in [0.29, 0.717) is 12.1 Å².